The molecule has 0 radical (unpaired) electrons. The Morgan fingerprint density at radius 3 is 2.55 bits per heavy atom. The van der Waals surface area contributed by atoms with E-state index in [4.69, 9.17) is 44.9 Å². The van der Waals surface area contributed by atoms with Crippen molar-refractivity contribution in [3.8, 4) is 11.5 Å². The third-order valence-corrected chi connectivity index (χ3v) is 6.51. The van der Waals surface area contributed by atoms with Crippen LogP contribution in [0.5, 0.6) is 11.5 Å². The fraction of sp³-hybridized carbons (Fsp3) is 0.190. The first-order valence-electron chi connectivity index (χ1n) is 8.94. The highest BCUT2D eigenvalue weighted by molar-refractivity contribution is 8.26. The molecule has 1 aliphatic rings. The molecule has 162 valence electrons. The third kappa shape index (κ3) is 5.15. The lowest BCUT2D eigenvalue weighted by Crippen LogP contribution is -2.48. The molecule has 0 bridgehead atoms. The zero-order chi connectivity index (χ0) is 22.7. The number of hydrogen-bond acceptors (Lipinski definition) is 7. The molecule has 3 rings (SSSR count). The second kappa shape index (κ2) is 9.91. The molecule has 1 atom stereocenters. The normalized spacial score (nSPS) is 16.0. The van der Waals surface area contributed by atoms with Gasteiger partial charge in [0.1, 0.15) is 10.9 Å². The lowest BCUT2D eigenvalue weighted by molar-refractivity contribution is -0.309. The molecule has 0 aliphatic carbocycles. The molecule has 2 aromatic carbocycles. The molecule has 1 aliphatic heterocycles. The quantitative estimate of drug-likeness (QED) is 0.424. The first-order chi connectivity index (χ1) is 14.7. The van der Waals surface area contributed by atoms with Gasteiger partial charge in [0.25, 0.3) is 5.91 Å². The average molecular weight is 497 g/mol. The Labute approximate surface area is 198 Å². The molecule has 10 heteroatoms. The first kappa shape index (κ1) is 23.4. The van der Waals surface area contributed by atoms with Gasteiger partial charge in [-0.3, -0.25) is 9.69 Å². The maximum Gasteiger partial charge on any atom is 0.266 e. The van der Waals surface area contributed by atoms with E-state index in [0.717, 1.165) is 16.7 Å². The number of thiocarbonyl (C=S) groups is 1. The van der Waals surface area contributed by atoms with Gasteiger partial charge in [-0.05, 0) is 42.8 Å². The zero-order valence-electron chi connectivity index (χ0n) is 16.4. The fourth-order valence-corrected chi connectivity index (χ4v) is 4.71. The van der Waals surface area contributed by atoms with Gasteiger partial charge >= 0.3 is 0 Å². The highest BCUT2D eigenvalue weighted by Gasteiger charge is 2.35. The highest BCUT2D eigenvalue weighted by Crippen LogP contribution is 2.36. The van der Waals surface area contributed by atoms with Crippen molar-refractivity contribution in [2.24, 2.45) is 0 Å². The van der Waals surface area contributed by atoms with Gasteiger partial charge in [-0.1, -0.05) is 59.3 Å². The summed E-state index contributed by atoms with van der Waals surface area (Å²) in [5, 5.41) is 12.1. The maximum atomic E-state index is 12.6. The van der Waals surface area contributed by atoms with Crippen LogP contribution in [0.4, 0.5) is 0 Å². The smallest absolute Gasteiger partial charge is 0.266 e. The van der Waals surface area contributed by atoms with Gasteiger partial charge < -0.3 is 19.4 Å². The van der Waals surface area contributed by atoms with Crippen molar-refractivity contribution in [1.29, 1.82) is 0 Å². The largest absolute Gasteiger partial charge is 0.548 e. The minimum Gasteiger partial charge on any atom is -0.548 e. The van der Waals surface area contributed by atoms with Crippen molar-refractivity contribution >= 4 is 69.5 Å². The van der Waals surface area contributed by atoms with Crippen LogP contribution in [0.25, 0.3) is 6.08 Å². The molecule has 1 saturated heterocycles. The van der Waals surface area contributed by atoms with Crippen LogP contribution in [-0.4, -0.2) is 34.2 Å². The van der Waals surface area contributed by atoms with Gasteiger partial charge in [0.05, 0.1) is 24.0 Å². The lowest BCUT2D eigenvalue weighted by Gasteiger charge is -2.23. The summed E-state index contributed by atoms with van der Waals surface area (Å²) in [4.78, 5) is 25.1. The number of methoxy groups -OCH3 is 1. The number of carbonyl (C=O) groups is 2. The number of rotatable bonds is 7. The van der Waals surface area contributed by atoms with E-state index in [2.05, 4.69) is 0 Å². The fourth-order valence-electron chi connectivity index (χ4n) is 2.78. The van der Waals surface area contributed by atoms with Crippen molar-refractivity contribution in [2.75, 3.05) is 7.11 Å². The first-order valence-corrected chi connectivity index (χ1v) is 10.9. The zero-order valence-corrected chi connectivity index (χ0v) is 19.5. The van der Waals surface area contributed by atoms with E-state index in [1.165, 1.54) is 14.0 Å². The Morgan fingerprint density at radius 1 is 1.26 bits per heavy atom. The third-order valence-electron chi connectivity index (χ3n) is 4.47. The molecular weight excluding hydrogens is 481 g/mol. The van der Waals surface area contributed by atoms with Crippen LogP contribution in [-0.2, 0) is 16.2 Å². The molecule has 0 aromatic heterocycles. The van der Waals surface area contributed by atoms with Crippen LogP contribution < -0.4 is 14.6 Å². The van der Waals surface area contributed by atoms with Crippen molar-refractivity contribution in [2.45, 2.75) is 19.6 Å². The number of halogens is 2. The van der Waals surface area contributed by atoms with Gasteiger partial charge in [0.2, 0.25) is 0 Å². The van der Waals surface area contributed by atoms with E-state index in [1.54, 1.807) is 42.5 Å². The maximum absolute atomic E-state index is 12.6. The summed E-state index contributed by atoms with van der Waals surface area (Å²) in [5.41, 5.74) is 1.31. The van der Waals surface area contributed by atoms with Crippen molar-refractivity contribution < 1.29 is 24.2 Å². The topological polar surface area (TPSA) is 78.9 Å². The minimum atomic E-state index is -1.38. The van der Waals surface area contributed by atoms with Crippen LogP contribution in [0.15, 0.2) is 41.3 Å². The van der Waals surface area contributed by atoms with E-state index >= 15 is 0 Å². The Hall–Kier alpha value is -2.26. The number of thioether (sulfide) groups is 1. The Morgan fingerprint density at radius 2 is 1.94 bits per heavy atom. The number of carboxylic acid groups (broad SMARTS) is 1. The second-order valence-corrected chi connectivity index (χ2v) is 8.94. The van der Waals surface area contributed by atoms with Crippen LogP contribution in [0.1, 0.15) is 18.1 Å². The van der Waals surface area contributed by atoms with E-state index in [0.29, 0.717) is 37.6 Å². The SMILES string of the molecule is COc1cc(/C=C2\SC(=S)N([C@H](C)C(=O)[O-])C2=O)ccc1OCc1c(Cl)cccc1Cl. The van der Waals surface area contributed by atoms with Crippen LogP contribution in [0.3, 0.4) is 0 Å². The summed E-state index contributed by atoms with van der Waals surface area (Å²) in [6.07, 6.45) is 1.61. The average Bonchev–Trinajstić information content (AvgIpc) is 3.00. The highest BCUT2D eigenvalue weighted by atomic mass is 35.5. The molecule has 0 spiro atoms. The van der Waals surface area contributed by atoms with E-state index in [1.807, 2.05) is 0 Å². The molecule has 0 N–H and O–H groups in total. The number of hydrogen-bond donors (Lipinski definition) is 0. The number of amides is 1. The van der Waals surface area contributed by atoms with Crippen molar-refractivity contribution in [3.63, 3.8) is 0 Å². The summed E-state index contributed by atoms with van der Waals surface area (Å²) in [5.74, 6) is -0.956. The predicted molar refractivity (Wildman–Crippen MR) is 123 cm³/mol. The predicted octanol–water partition coefficient (Wildman–Crippen LogP) is 3.92. The van der Waals surface area contributed by atoms with Crippen molar-refractivity contribution in [1.82, 2.24) is 4.90 Å². The van der Waals surface area contributed by atoms with E-state index in [9.17, 15) is 14.7 Å². The van der Waals surface area contributed by atoms with Gasteiger partial charge in [0, 0.05) is 15.6 Å². The second-order valence-electron chi connectivity index (χ2n) is 6.45. The van der Waals surface area contributed by atoms with Gasteiger partial charge in [-0.25, -0.2) is 0 Å². The number of carboxylic acids is 1. The standard InChI is InChI=1S/C21H17Cl2NO5S2/c1-11(20(26)27)24-19(25)18(31-21(24)30)9-12-6-7-16(17(8-12)28-2)29-10-13-14(22)4-3-5-15(13)23/h3-9,11H,10H2,1-2H3,(H,26,27)/p-1/b18-9-/t11-/m1/s1. The summed E-state index contributed by atoms with van der Waals surface area (Å²) in [6, 6.07) is 9.17. The van der Waals surface area contributed by atoms with Crippen molar-refractivity contribution in [3.05, 3.63) is 62.5 Å². The Kier molecular flexibility index (Phi) is 7.48. The number of ether oxygens (including phenoxy) is 2. The number of nitrogens with zero attached hydrogens (tertiary/aromatic N) is 1. The van der Waals surface area contributed by atoms with E-state index < -0.39 is 17.9 Å². The Balaban J connectivity index is 1.81. The van der Waals surface area contributed by atoms with Crippen LogP contribution >= 0.6 is 47.2 Å². The molecule has 1 amide bonds. The van der Waals surface area contributed by atoms with E-state index in [-0.39, 0.29) is 10.9 Å². The summed E-state index contributed by atoms with van der Waals surface area (Å²) in [7, 11) is 1.50. The molecular formula is C21H16Cl2NO5S2-. The molecule has 0 saturated carbocycles. The Bertz CT molecular complexity index is 1070. The summed E-state index contributed by atoms with van der Waals surface area (Å²) >= 11 is 18.5. The number of aliphatic carboxylic acids is 1. The number of carbonyl (C=O) groups excluding carboxylic acids is 2. The van der Waals surface area contributed by atoms with Crippen LogP contribution in [0.2, 0.25) is 10.0 Å². The molecule has 2 aromatic rings. The summed E-state index contributed by atoms with van der Waals surface area (Å²) < 4.78 is 11.4. The monoisotopic (exact) mass is 496 g/mol. The van der Waals surface area contributed by atoms with Crippen LogP contribution in [0, 0.1) is 0 Å². The van der Waals surface area contributed by atoms with Gasteiger partial charge in [-0.15, -0.1) is 0 Å². The molecule has 1 heterocycles. The molecule has 1 fully saturated rings. The lowest BCUT2D eigenvalue weighted by atomic mass is 10.1. The summed E-state index contributed by atoms with van der Waals surface area (Å²) in [6.45, 7) is 1.50. The van der Waals surface area contributed by atoms with Gasteiger partial charge in [0.15, 0.2) is 11.5 Å². The minimum absolute atomic E-state index is 0.147. The molecule has 31 heavy (non-hydrogen) atoms. The molecule has 0 unspecified atom stereocenters. The molecule has 6 nitrogen and oxygen atoms in total. The number of benzene rings is 2. The van der Waals surface area contributed by atoms with Gasteiger partial charge in [-0.2, -0.15) is 0 Å².